The summed E-state index contributed by atoms with van der Waals surface area (Å²) in [5, 5.41) is 2.51. The zero-order chi connectivity index (χ0) is 12.5. The second kappa shape index (κ2) is 4.55. The lowest BCUT2D eigenvalue weighted by molar-refractivity contribution is -0.0880. The normalized spacial score (nSPS) is 25.1. The lowest BCUT2D eigenvalue weighted by Crippen LogP contribution is -2.35. The Kier molecular flexibility index (Phi) is 3.27. The van der Waals surface area contributed by atoms with E-state index in [4.69, 9.17) is 16.4 Å². The van der Waals surface area contributed by atoms with Crippen LogP contribution in [0.5, 0.6) is 0 Å². The number of rotatable bonds is 2. The third-order valence-corrected chi connectivity index (χ3v) is 3.12. The van der Waals surface area contributed by atoms with E-state index < -0.39 is 0 Å². The summed E-state index contributed by atoms with van der Waals surface area (Å²) in [4.78, 5) is 5.72. The third-order valence-electron chi connectivity index (χ3n) is 2.87. The molecule has 0 bridgehead atoms. The number of benzene rings is 1. The molecule has 2 nitrogen and oxygen atoms in total. The van der Waals surface area contributed by atoms with Gasteiger partial charge < -0.3 is 4.84 Å². The van der Waals surface area contributed by atoms with Crippen molar-refractivity contribution in [3.05, 3.63) is 53.1 Å². The van der Waals surface area contributed by atoms with E-state index in [9.17, 15) is 0 Å². The molecular weight excluding hydrogens is 234 g/mol. The Morgan fingerprint density at radius 2 is 2.00 bits per heavy atom. The lowest BCUT2D eigenvalue weighted by atomic mass is 10.00. The molecule has 1 aromatic rings. The summed E-state index contributed by atoms with van der Waals surface area (Å²) < 4.78 is 0. The van der Waals surface area contributed by atoms with Crippen molar-refractivity contribution in [2.75, 3.05) is 7.05 Å². The summed E-state index contributed by atoms with van der Waals surface area (Å²) in [6.07, 6.45) is 7.21. The van der Waals surface area contributed by atoms with Crippen molar-refractivity contribution in [3.63, 3.8) is 0 Å². The zero-order valence-electron chi connectivity index (χ0n) is 10.2. The molecule has 3 heteroatoms. The summed E-state index contributed by atoms with van der Waals surface area (Å²) in [5.41, 5.74) is 0.701. The van der Waals surface area contributed by atoms with Gasteiger partial charge in [-0.15, -0.1) is 5.06 Å². The minimum absolute atomic E-state index is 0.316. The number of allylic oxidation sites excluding steroid dienone is 1. The largest absolute Gasteiger partial charge is 0.405 e. The molecule has 2 rings (SSSR count). The van der Waals surface area contributed by atoms with Gasteiger partial charge in [-0.25, -0.2) is 0 Å². The van der Waals surface area contributed by atoms with Crippen LogP contribution in [0.25, 0.3) is 5.76 Å². The molecule has 0 spiro atoms. The number of hydrogen-bond donors (Lipinski definition) is 0. The maximum absolute atomic E-state index is 5.86. The highest BCUT2D eigenvalue weighted by atomic mass is 35.5. The van der Waals surface area contributed by atoms with E-state index in [-0.39, 0.29) is 5.54 Å². The van der Waals surface area contributed by atoms with Crippen LogP contribution >= 0.6 is 11.6 Å². The molecule has 89 valence electrons. The lowest BCUT2D eigenvalue weighted by Gasteiger charge is -2.24. The SMILES string of the molecule is CC=[C]C1(C)C=C(c2ccc(Cl)cc2)ON1C. The molecule has 1 aliphatic heterocycles. The van der Waals surface area contributed by atoms with E-state index in [0.717, 1.165) is 16.3 Å². The molecule has 1 heterocycles. The minimum atomic E-state index is -0.316. The van der Waals surface area contributed by atoms with Crippen LogP contribution in [0, 0.1) is 6.08 Å². The van der Waals surface area contributed by atoms with Crippen LogP contribution in [0.1, 0.15) is 19.4 Å². The molecule has 0 fully saturated rings. The molecule has 0 N–H and O–H groups in total. The predicted molar refractivity (Wildman–Crippen MR) is 70.2 cm³/mol. The van der Waals surface area contributed by atoms with Crippen molar-refractivity contribution in [2.45, 2.75) is 19.4 Å². The molecule has 0 saturated carbocycles. The van der Waals surface area contributed by atoms with Gasteiger partial charge in [0, 0.05) is 17.6 Å². The maximum Gasteiger partial charge on any atom is 0.153 e. The monoisotopic (exact) mass is 248 g/mol. The Bertz CT molecular complexity index is 464. The number of hydroxylamine groups is 2. The molecule has 0 saturated heterocycles. The van der Waals surface area contributed by atoms with E-state index in [1.807, 2.05) is 44.3 Å². The first-order chi connectivity index (χ1) is 8.05. The summed E-state index contributed by atoms with van der Waals surface area (Å²) in [6.45, 7) is 4.00. The van der Waals surface area contributed by atoms with E-state index >= 15 is 0 Å². The predicted octanol–water partition coefficient (Wildman–Crippen LogP) is 3.70. The Morgan fingerprint density at radius 1 is 1.35 bits per heavy atom. The standard InChI is InChI=1S/C14H15ClNO/c1-4-9-14(2)10-13(17-16(14)3)11-5-7-12(15)8-6-11/h4-8,10H,1-3H3. The van der Waals surface area contributed by atoms with Crippen molar-refractivity contribution in [2.24, 2.45) is 0 Å². The average Bonchev–Trinajstić information content (AvgIpc) is 2.57. The Labute approximate surface area is 107 Å². The average molecular weight is 249 g/mol. The van der Waals surface area contributed by atoms with E-state index in [1.165, 1.54) is 0 Å². The highest BCUT2D eigenvalue weighted by molar-refractivity contribution is 6.30. The van der Waals surface area contributed by atoms with Gasteiger partial charge in [-0.3, -0.25) is 0 Å². The van der Waals surface area contributed by atoms with Crippen molar-refractivity contribution in [1.82, 2.24) is 5.06 Å². The van der Waals surface area contributed by atoms with Gasteiger partial charge in [0.25, 0.3) is 0 Å². The van der Waals surface area contributed by atoms with Gasteiger partial charge >= 0.3 is 0 Å². The summed E-state index contributed by atoms with van der Waals surface area (Å²) >= 11 is 5.86. The fourth-order valence-electron chi connectivity index (χ4n) is 1.79. The molecule has 1 radical (unpaired) electrons. The Hall–Kier alpha value is -1.25. The van der Waals surface area contributed by atoms with Crippen LogP contribution in [0.4, 0.5) is 0 Å². The number of halogens is 1. The van der Waals surface area contributed by atoms with Crippen LogP contribution in [-0.2, 0) is 4.84 Å². The Morgan fingerprint density at radius 3 is 2.59 bits per heavy atom. The van der Waals surface area contributed by atoms with E-state index in [2.05, 4.69) is 19.1 Å². The third kappa shape index (κ3) is 2.38. The number of nitrogens with zero attached hydrogens (tertiary/aromatic N) is 1. The fraction of sp³-hybridized carbons (Fsp3) is 0.286. The minimum Gasteiger partial charge on any atom is -0.405 e. The maximum atomic E-state index is 5.86. The molecule has 1 aliphatic rings. The van der Waals surface area contributed by atoms with Gasteiger partial charge in [0.2, 0.25) is 0 Å². The van der Waals surface area contributed by atoms with Gasteiger partial charge in [0.1, 0.15) is 5.54 Å². The van der Waals surface area contributed by atoms with Crippen molar-refractivity contribution >= 4 is 17.4 Å². The van der Waals surface area contributed by atoms with Gasteiger partial charge in [0.05, 0.1) is 0 Å². The summed E-state index contributed by atoms with van der Waals surface area (Å²) in [5.74, 6) is 0.834. The molecule has 0 aromatic heterocycles. The van der Waals surface area contributed by atoms with Crippen LogP contribution in [0.3, 0.4) is 0 Å². The van der Waals surface area contributed by atoms with Gasteiger partial charge in [0.15, 0.2) is 5.76 Å². The highest BCUT2D eigenvalue weighted by Crippen LogP contribution is 2.33. The fourth-order valence-corrected chi connectivity index (χ4v) is 1.92. The second-order valence-corrected chi connectivity index (χ2v) is 4.62. The molecular formula is C14H15ClNO. The van der Waals surface area contributed by atoms with Crippen molar-refractivity contribution < 1.29 is 4.84 Å². The zero-order valence-corrected chi connectivity index (χ0v) is 11.0. The first-order valence-corrected chi connectivity index (χ1v) is 5.89. The summed E-state index contributed by atoms with van der Waals surface area (Å²) in [7, 11) is 1.90. The van der Waals surface area contributed by atoms with Crippen molar-refractivity contribution in [1.29, 1.82) is 0 Å². The van der Waals surface area contributed by atoms with Crippen molar-refractivity contribution in [3.8, 4) is 0 Å². The highest BCUT2D eigenvalue weighted by Gasteiger charge is 2.34. The van der Waals surface area contributed by atoms with Crippen LogP contribution < -0.4 is 0 Å². The number of hydrogen-bond acceptors (Lipinski definition) is 2. The van der Waals surface area contributed by atoms with Crippen LogP contribution in [0.2, 0.25) is 5.02 Å². The molecule has 17 heavy (non-hydrogen) atoms. The second-order valence-electron chi connectivity index (χ2n) is 4.18. The van der Waals surface area contributed by atoms with Crippen LogP contribution in [0.15, 0.2) is 36.4 Å². The van der Waals surface area contributed by atoms with Crippen LogP contribution in [-0.4, -0.2) is 17.6 Å². The first kappa shape index (κ1) is 12.2. The van der Waals surface area contributed by atoms with E-state index in [0.29, 0.717) is 0 Å². The first-order valence-electron chi connectivity index (χ1n) is 5.51. The molecule has 1 atom stereocenters. The van der Waals surface area contributed by atoms with E-state index in [1.54, 1.807) is 5.06 Å². The smallest absolute Gasteiger partial charge is 0.153 e. The van der Waals surface area contributed by atoms with Gasteiger partial charge in [-0.05, 0) is 50.3 Å². The number of likely N-dealkylation sites (N-methyl/N-ethyl adjacent to an activating group) is 1. The topological polar surface area (TPSA) is 12.5 Å². The van der Waals surface area contributed by atoms with Gasteiger partial charge in [-0.1, -0.05) is 17.7 Å². The quantitative estimate of drug-likeness (QED) is 0.791. The molecule has 1 unspecified atom stereocenters. The van der Waals surface area contributed by atoms with Gasteiger partial charge in [-0.2, -0.15) is 0 Å². The summed E-state index contributed by atoms with van der Waals surface area (Å²) in [6, 6.07) is 7.61. The molecule has 0 amide bonds. The molecule has 0 aliphatic carbocycles. The molecule has 1 aromatic carbocycles. The Balaban J connectivity index is 2.33.